The largest absolute Gasteiger partial charge is 0.347 e. The lowest BCUT2D eigenvalue weighted by molar-refractivity contribution is -0.134. The molecular formula is C17H24N4O2. The van der Waals surface area contributed by atoms with Gasteiger partial charge in [0.05, 0.1) is 12.6 Å². The van der Waals surface area contributed by atoms with E-state index in [2.05, 4.69) is 21.2 Å². The maximum absolute atomic E-state index is 12.2. The number of aromatic nitrogens is 2. The molecule has 3 fully saturated rings. The predicted octanol–water partition coefficient (Wildman–Crippen LogP) is 1.45. The quantitative estimate of drug-likeness (QED) is 0.894. The van der Waals surface area contributed by atoms with E-state index in [1.54, 1.807) is 0 Å². The molecular weight excluding hydrogens is 292 g/mol. The minimum Gasteiger partial charge on any atom is -0.347 e. The normalized spacial score (nSPS) is 22.2. The van der Waals surface area contributed by atoms with Crippen molar-refractivity contribution in [3.8, 4) is 0 Å². The van der Waals surface area contributed by atoms with Crippen molar-refractivity contribution >= 4 is 11.8 Å². The van der Waals surface area contributed by atoms with E-state index < -0.39 is 0 Å². The highest BCUT2D eigenvalue weighted by Crippen LogP contribution is 2.41. The van der Waals surface area contributed by atoms with Crippen molar-refractivity contribution in [3.05, 3.63) is 18.0 Å². The molecule has 0 spiro atoms. The Balaban J connectivity index is 1.27. The van der Waals surface area contributed by atoms with Gasteiger partial charge < -0.3 is 10.2 Å². The Morgan fingerprint density at radius 2 is 1.87 bits per heavy atom. The summed E-state index contributed by atoms with van der Waals surface area (Å²) in [6.07, 6.45) is 8.30. The summed E-state index contributed by atoms with van der Waals surface area (Å²) in [5.74, 6) is 0.947. The lowest BCUT2D eigenvalue weighted by Gasteiger charge is -2.33. The molecule has 0 unspecified atom stereocenters. The molecule has 23 heavy (non-hydrogen) atoms. The maximum atomic E-state index is 12.2. The molecule has 1 aromatic heterocycles. The first kappa shape index (κ1) is 14.7. The Labute approximate surface area is 136 Å². The number of nitrogens with zero attached hydrogens (tertiary/aromatic N) is 3. The molecule has 2 heterocycles. The smallest absolute Gasteiger partial charge is 0.241 e. The lowest BCUT2D eigenvalue weighted by Crippen LogP contribution is -2.44. The first-order valence-electron chi connectivity index (χ1n) is 8.81. The van der Waals surface area contributed by atoms with Crippen LogP contribution in [0.2, 0.25) is 0 Å². The van der Waals surface area contributed by atoms with E-state index in [-0.39, 0.29) is 24.3 Å². The predicted molar refractivity (Wildman–Crippen MR) is 84.8 cm³/mol. The van der Waals surface area contributed by atoms with Gasteiger partial charge in [0.15, 0.2) is 0 Å². The first-order valence-corrected chi connectivity index (χ1v) is 8.81. The number of rotatable bonds is 5. The molecule has 2 amide bonds. The molecule has 1 aromatic rings. The Bertz CT molecular complexity index is 595. The van der Waals surface area contributed by atoms with E-state index in [1.165, 1.54) is 18.5 Å². The van der Waals surface area contributed by atoms with Crippen molar-refractivity contribution in [2.45, 2.75) is 50.5 Å². The number of hydrogen-bond acceptors (Lipinski definition) is 3. The molecule has 1 saturated heterocycles. The second kappa shape index (κ2) is 5.98. The third kappa shape index (κ3) is 3.26. The van der Waals surface area contributed by atoms with Crippen LogP contribution in [0.25, 0.3) is 0 Å². The van der Waals surface area contributed by atoms with Crippen LogP contribution in [-0.2, 0) is 9.59 Å². The second-order valence-corrected chi connectivity index (χ2v) is 7.08. The van der Waals surface area contributed by atoms with Crippen LogP contribution >= 0.6 is 0 Å². The molecule has 1 N–H and O–H groups in total. The molecule has 6 heteroatoms. The molecule has 0 atom stereocenters. The summed E-state index contributed by atoms with van der Waals surface area (Å²) < 4.78 is 2.19. The van der Waals surface area contributed by atoms with Crippen molar-refractivity contribution in [1.82, 2.24) is 20.0 Å². The molecule has 3 aliphatic rings. The number of hydrogen-bond donors (Lipinski definition) is 1. The molecule has 2 saturated carbocycles. The maximum Gasteiger partial charge on any atom is 0.241 e. The minimum absolute atomic E-state index is 0.0406. The van der Waals surface area contributed by atoms with E-state index in [0.717, 1.165) is 38.8 Å². The molecule has 1 aliphatic heterocycles. The highest BCUT2D eigenvalue weighted by Gasteiger charge is 2.32. The van der Waals surface area contributed by atoms with Gasteiger partial charge in [0, 0.05) is 36.8 Å². The van der Waals surface area contributed by atoms with Gasteiger partial charge in [-0.15, -0.1) is 0 Å². The lowest BCUT2D eigenvalue weighted by atomic mass is 10.0. The van der Waals surface area contributed by atoms with Gasteiger partial charge in [0.1, 0.15) is 0 Å². The number of likely N-dealkylation sites (tertiary alicyclic amines) is 1. The zero-order valence-corrected chi connectivity index (χ0v) is 13.4. The fourth-order valence-electron chi connectivity index (χ4n) is 3.46. The summed E-state index contributed by atoms with van der Waals surface area (Å²) in [5, 5.41) is 7.28. The highest BCUT2D eigenvalue weighted by molar-refractivity contribution is 5.86. The van der Waals surface area contributed by atoms with E-state index in [0.29, 0.717) is 12.0 Å². The van der Waals surface area contributed by atoms with Crippen LogP contribution in [0, 0.1) is 5.92 Å². The van der Waals surface area contributed by atoms with Gasteiger partial charge in [0.25, 0.3) is 0 Å². The average Bonchev–Trinajstić information content (AvgIpc) is 3.51. The van der Waals surface area contributed by atoms with Gasteiger partial charge in [0.2, 0.25) is 11.8 Å². The van der Waals surface area contributed by atoms with Crippen LogP contribution in [0.1, 0.15) is 56.2 Å². The molecule has 0 bridgehead atoms. The van der Waals surface area contributed by atoms with Crippen LogP contribution in [-0.4, -0.2) is 46.1 Å². The number of amides is 2. The zero-order valence-electron chi connectivity index (χ0n) is 13.4. The van der Waals surface area contributed by atoms with E-state index in [1.807, 2.05) is 11.1 Å². The molecule has 0 aromatic carbocycles. The van der Waals surface area contributed by atoms with Gasteiger partial charge in [-0.05, 0) is 44.6 Å². The summed E-state index contributed by atoms with van der Waals surface area (Å²) in [7, 11) is 0. The molecule has 4 rings (SSSR count). The number of piperidine rings is 1. The molecule has 6 nitrogen and oxygen atoms in total. The summed E-state index contributed by atoms with van der Waals surface area (Å²) in [6, 6.07) is 2.55. The van der Waals surface area contributed by atoms with Gasteiger partial charge in [-0.3, -0.25) is 14.3 Å². The Morgan fingerprint density at radius 1 is 1.13 bits per heavy atom. The SMILES string of the molecule is O=C(NCC(=O)N1CCC(n2nccc2C2CC2)CC1)C1CC1. The Kier molecular flexibility index (Phi) is 3.83. The fourth-order valence-corrected chi connectivity index (χ4v) is 3.46. The van der Waals surface area contributed by atoms with Crippen molar-refractivity contribution in [2.75, 3.05) is 19.6 Å². The van der Waals surface area contributed by atoms with Gasteiger partial charge >= 0.3 is 0 Å². The minimum atomic E-state index is 0.0406. The highest BCUT2D eigenvalue weighted by atomic mass is 16.2. The monoisotopic (exact) mass is 316 g/mol. The second-order valence-electron chi connectivity index (χ2n) is 7.08. The summed E-state index contributed by atoms with van der Waals surface area (Å²) in [6.45, 7) is 1.66. The van der Waals surface area contributed by atoms with Gasteiger partial charge in [-0.25, -0.2) is 0 Å². The molecule has 124 valence electrons. The number of carbonyl (C=O) groups excluding carboxylic acids is 2. The van der Waals surface area contributed by atoms with Crippen LogP contribution < -0.4 is 5.32 Å². The van der Waals surface area contributed by atoms with E-state index in [4.69, 9.17) is 0 Å². The van der Waals surface area contributed by atoms with Crippen molar-refractivity contribution in [2.24, 2.45) is 5.92 Å². The third-order valence-electron chi connectivity index (χ3n) is 5.22. The van der Waals surface area contributed by atoms with Crippen LogP contribution in [0.15, 0.2) is 12.3 Å². The van der Waals surface area contributed by atoms with Crippen LogP contribution in [0.5, 0.6) is 0 Å². The van der Waals surface area contributed by atoms with Crippen molar-refractivity contribution < 1.29 is 9.59 Å². The van der Waals surface area contributed by atoms with E-state index in [9.17, 15) is 9.59 Å². The Morgan fingerprint density at radius 3 is 2.52 bits per heavy atom. The summed E-state index contributed by atoms with van der Waals surface area (Å²) in [5.41, 5.74) is 1.37. The summed E-state index contributed by atoms with van der Waals surface area (Å²) in [4.78, 5) is 25.7. The van der Waals surface area contributed by atoms with Gasteiger partial charge in [-0.2, -0.15) is 5.10 Å². The third-order valence-corrected chi connectivity index (χ3v) is 5.22. The summed E-state index contributed by atoms with van der Waals surface area (Å²) >= 11 is 0. The number of nitrogens with one attached hydrogen (secondary N) is 1. The topological polar surface area (TPSA) is 67.2 Å². The van der Waals surface area contributed by atoms with Crippen LogP contribution in [0.3, 0.4) is 0 Å². The van der Waals surface area contributed by atoms with Crippen molar-refractivity contribution in [1.29, 1.82) is 0 Å². The first-order chi connectivity index (χ1) is 11.2. The Hall–Kier alpha value is -1.85. The molecule has 0 radical (unpaired) electrons. The molecule has 2 aliphatic carbocycles. The standard InChI is InChI=1S/C17H24N4O2/c22-16(11-18-17(23)13-3-4-13)20-9-6-14(7-10-20)21-15(5-8-19-21)12-1-2-12/h5,8,12-14H,1-4,6-7,9-11H2,(H,18,23). The average molecular weight is 316 g/mol. The number of carbonyl (C=O) groups is 2. The van der Waals surface area contributed by atoms with E-state index >= 15 is 0 Å². The fraction of sp³-hybridized carbons (Fsp3) is 0.706. The zero-order chi connectivity index (χ0) is 15.8. The van der Waals surface area contributed by atoms with Gasteiger partial charge in [-0.1, -0.05) is 0 Å². The van der Waals surface area contributed by atoms with Crippen molar-refractivity contribution in [3.63, 3.8) is 0 Å². The van der Waals surface area contributed by atoms with Crippen LogP contribution in [0.4, 0.5) is 0 Å².